The van der Waals surface area contributed by atoms with Gasteiger partial charge in [-0.15, -0.1) is 0 Å². The number of hydrogen-bond acceptors (Lipinski definition) is 3. The average Bonchev–Trinajstić information content (AvgIpc) is 2.58. The number of nitrogens with one attached hydrogen (secondary N) is 2. The number of carbonyl (C=O) groups is 1. The number of aromatic nitrogens is 3. The molecule has 0 aliphatic heterocycles. The second kappa shape index (κ2) is 4.37. The minimum atomic E-state index is -0.188. The van der Waals surface area contributed by atoms with Crippen molar-refractivity contribution >= 4 is 11.7 Å². The maximum absolute atomic E-state index is 12.0. The fourth-order valence-electron chi connectivity index (χ4n) is 1.68. The lowest BCUT2D eigenvalue weighted by Gasteiger charge is -2.04. The van der Waals surface area contributed by atoms with Crippen LogP contribution in [0, 0.1) is 20.8 Å². The first-order valence-corrected chi connectivity index (χ1v) is 5.34. The van der Waals surface area contributed by atoms with E-state index in [1.54, 1.807) is 13.0 Å². The Morgan fingerprint density at radius 2 is 2.06 bits per heavy atom. The van der Waals surface area contributed by atoms with Crippen LogP contribution in [0.3, 0.4) is 0 Å². The fraction of sp³-hybridized carbons (Fsp3) is 0.250. The van der Waals surface area contributed by atoms with Gasteiger partial charge in [-0.25, -0.2) is 4.98 Å². The van der Waals surface area contributed by atoms with Gasteiger partial charge in [0.15, 0.2) is 0 Å². The number of amides is 1. The summed E-state index contributed by atoms with van der Waals surface area (Å²) in [5.74, 6) is 0.363. The largest absolute Gasteiger partial charge is 0.306 e. The van der Waals surface area contributed by atoms with E-state index in [0.29, 0.717) is 17.1 Å². The van der Waals surface area contributed by atoms with E-state index in [1.165, 1.54) is 0 Å². The summed E-state index contributed by atoms with van der Waals surface area (Å²) in [7, 11) is 0. The van der Waals surface area contributed by atoms with Gasteiger partial charge in [0.1, 0.15) is 5.82 Å². The Morgan fingerprint density at radius 3 is 2.65 bits per heavy atom. The van der Waals surface area contributed by atoms with Crippen LogP contribution in [0.15, 0.2) is 18.2 Å². The summed E-state index contributed by atoms with van der Waals surface area (Å²) >= 11 is 0. The molecule has 0 fully saturated rings. The van der Waals surface area contributed by atoms with Gasteiger partial charge in [0.25, 0.3) is 5.91 Å². The van der Waals surface area contributed by atoms with Gasteiger partial charge in [0.05, 0.1) is 11.3 Å². The molecule has 0 radical (unpaired) electrons. The van der Waals surface area contributed by atoms with Crippen molar-refractivity contribution in [3.8, 4) is 0 Å². The zero-order valence-electron chi connectivity index (χ0n) is 10.0. The minimum Gasteiger partial charge on any atom is -0.306 e. The SMILES string of the molecule is Cc1cccc(NC(=O)c2c(C)n[nH]c2C)n1. The van der Waals surface area contributed by atoms with Crippen molar-refractivity contribution in [1.29, 1.82) is 0 Å². The van der Waals surface area contributed by atoms with Gasteiger partial charge in [-0.3, -0.25) is 9.89 Å². The Labute approximate surface area is 99.3 Å². The van der Waals surface area contributed by atoms with Gasteiger partial charge in [0, 0.05) is 11.4 Å². The number of rotatable bonds is 2. The van der Waals surface area contributed by atoms with Crippen LogP contribution in [-0.2, 0) is 0 Å². The lowest BCUT2D eigenvalue weighted by molar-refractivity contribution is 0.102. The number of pyridine rings is 1. The molecule has 1 amide bonds. The molecule has 2 aromatic heterocycles. The highest BCUT2D eigenvalue weighted by Gasteiger charge is 2.15. The van der Waals surface area contributed by atoms with E-state index in [0.717, 1.165) is 11.4 Å². The van der Waals surface area contributed by atoms with Crippen molar-refractivity contribution in [3.05, 3.63) is 40.8 Å². The molecule has 88 valence electrons. The number of carbonyl (C=O) groups excluding carboxylic acids is 1. The van der Waals surface area contributed by atoms with Crippen LogP contribution >= 0.6 is 0 Å². The predicted octanol–water partition coefficient (Wildman–Crippen LogP) is 1.98. The fourth-order valence-corrected chi connectivity index (χ4v) is 1.68. The van der Waals surface area contributed by atoms with Gasteiger partial charge >= 0.3 is 0 Å². The zero-order valence-corrected chi connectivity index (χ0v) is 10.0. The Kier molecular flexibility index (Phi) is 2.91. The van der Waals surface area contributed by atoms with E-state index in [9.17, 15) is 4.79 Å². The standard InChI is InChI=1S/C12H14N4O/c1-7-5-4-6-10(13-7)14-12(17)11-8(2)15-16-9(11)3/h4-6H,1-3H3,(H,15,16)(H,13,14,17). The third kappa shape index (κ3) is 2.33. The molecule has 0 spiro atoms. The summed E-state index contributed by atoms with van der Waals surface area (Å²) < 4.78 is 0. The maximum atomic E-state index is 12.0. The Hall–Kier alpha value is -2.17. The van der Waals surface area contributed by atoms with E-state index in [2.05, 4.69) is 20.5 Å². The summed E-state index contributed by atoms with van der Waals surface area (Å²) in [4.78, 5) is 16.2. The third-order valence-electron chi connectivity index (χ3n) is 2.49. The molecule has 0 aliphatic rings. The summed E-state index contributed by atoms with van der Waals surface area (Å²) in [5, 5.41) is 9.53. The van der Waals surface area contributed by atoms with E-state index in [4.69, 9.17) is 0 Å². The molecule has 0 atom stereocenters. The van der Waals surface area contributed by atoms with Crippen LogP contribution in [-0.4, -0.2) is 21.1 Å². The number of nitrogens with zero attached hydrogens (tertiary/aromatic N) is 2. The number of hydrogen-bond donors (Lipinski definition) is 2. The highest BCUT2D eigenvalue weighted by Crippen LogP contribution is 2.12. The molecule has 5 nitrogen and oxygen atoms in total. The molecule has 2 heterocycles. The molecule has 5 heteroatoms. The topological polar surface area (TPSA) is 70.7 Å². The molecule has 2 rings (SSSR count). The summed E-state index contributed by atoms with van der Waals surface area (Å²) in [6.45, 7) is 5.49. The molecule has 0 aliphatic carbocycles. The molecule has 2 N–H and O–H groups in total. The lowest BCUT2D eigenvalue weighted by atomic mass is 10.2. The monoisotopic (exact) mass is 230 g/mol. The molecule has 2 aromatic rings. The van der Waals surface area contributed by atoms with E-state index < -0.39 is 0 Å². The number of anilines is 1. The molecular weight excluding hydrogens is 216 g/mol. The van der Waals surface area contributed by atoms with Crippen molar-refractivity contribution in [2.75, 3.05) is 5.32 Å². The van der Waals surface area contributed by atoms with Crippen LogP contribution in [0.25, 0.3) is 0 Å². The van der Waals surface area contributed by atoms with Gasteiger partial charge in [-0.05, 0) is 32.9 Å². The normalized spacial score (nSPS) is 10.3. The summed E-state index contributed by atoms with van der Waals surface area (Å²) in [5.41, 5.74) is 2.89. The first-order valence-electron chi connectivity index (χ1n) is 5.34. The number of aryl methyl sites for hydroxylation is 3. The Morgan fingerprint density at radius 1 is 1.29 bits per heavy atom. The molecule has 17 heavy (non-hydrogen) atoms. The second-order valence-corrected chi connectivity index (χ2v) is 3.93. The van der Waals surface area contributed by atoms with Crippen molar-refractivity contribution in [3.63, 3.8) is 0 Å². The molecule has 0 bridgehead atoms. The van der Waals surface area contributed by atoms with Crippen molar-refractivity contribution in [2.45, 2.75) is 20.8 Å². The summed E-state index contributed by atoms with van der Waals surface area (Å²) in [6, 6.07) is 5.49. The van der Waals surface area contributed by atoms with Crippen LogP contribution in [0.2, 0.25) is 0 Å². The van der Waals surface area contributed by atoms with Crippen LogP contribution in [0.4, 0.5) is 5.82 Å². The van der Waals surface area contributed by atoms with Gasteiger partial charge in [0.2, 0.25) is 0 Å². The third-order valence-corrected chi connectivity index (χ3v) is 2.49. The van der Waals surface area contributed by atoms with Crippen LogP contribution < -0.4 is 5.32 Å². The molecule has 0 saturated carbocycles. The van der Waals surface area contributed by atoms with Crippen molar-refractivity contribution in [1.82, 2.24) is 15.2 Å². The first kappa shape index (κ1) is 11.3. The summed E-state index contributed by atoms with van der Waals surface area (Å²) in [6.07, 6.45) is 0. The number of aromatic amines is 1. The molecule has 0 unspecified atom stereocenters. The van der Waals surface area contributed by atoms with Gasteiger partial charge < -0.3 is 5.32 Å². The van der Waals surface area contributed by atoms with Gasteiger partial charge in [-0.2, -0.15) is 5.10 Å². The Bertz CT molecular complexity index is 540. The highest BCUT2D eigenvalue weighted by molar-refractivity contribution is 6.05. The molecular formula is C12H14N4O. The maximum Gasteiger partial charge on any atom is 0.260 e. The van der Waals surface area contributed by atoms with E-state index in [1.807, 2.05) is 26.0 Å². The minimum absolute atomic E-state index is 0.188. The second-order valence-electron chi connectivity index (χ2n) is 3.93. The van der Waals surface area contributed by atoms with Crippen molar-refractivity contribution in [2.24, 2.45) is 0 Å². The average molecular weight is 230 g/mol. The Balaban J connectivity index is 2.23. The highest BCUT2D eigenvalue weighted by atomic mass is 16.1. The first-order chi connectivity index (χ1) is 8.08. The molecule has 0 aromatic carbocycles. The predicted molar refractivity (Wildman–Crippen MR) is 65.0 cm³/mol. The zero-order chi connectivity index (χ0) is 12.4. The van der Waals surface area contributed by atoms with Crippen LogP contribution in [0.5, 0.6) is 0 Å². The lowest BCUT2D eigenvalue weighted by Crippen LogP contribution is -2.14. The molecule has 0 saturated heterocycles. The van der Waals surface area contributed by atoms with Gasteiger partial charge in [-0.1, -0.05) is 6.07 Å². The van der Waals surface area contributed by atoms with Crippen LogP contribution in [0.1, 0.15) is 27.4 Å². The van der Waals surface area contributed by atoms with E-state index >= 15 is 0 Å². The van der Waals surface area contributed by atoms with E-state index in [-0.39, 0.29) is 5.91 Å². The smallest absolute Gasteiger partial charge is 0.260 e. The van der Waals surface area contributed by atoms with Crippen molar-refractivity contribution < 1.29 is 4.79 Å². The quantitative estimate of drug-likeness (QED) is 0.828. The number of H-pyrrole nitrogens is 1.